The van der Waals surface area contributed by atoms with Crippen LogP contribution < -0.4 is 15.4 Å². The number of aromatic amines is 1. The number of benzene rings is 1. The zero-order valence-corrected chi connectivity index (χ0v) is 17.8. The summed E-state index contributed by atoms with van der Waals surface area (Å²) in [4.78, 5) is 9.11. The Morgan fingerprint density at radius 3 is 2.90 bits per heavy atom. The molecule has 1 fully saturated rings. The molecule has 9 nitrogen and oxygen atoms in total. The Balaban J connectivity index is 1.41. The molecule has 0 radical (unpaired) electrons. The summed E-state index contributed by atoms with van der Waals surface area (Å²) in [6.07, 6.45) is 2.03. The molecule has 164 valence electrons. The number of methoxy groups -OCH3 is 1. The summed E-state index contributed by atoms with van der Waals surface area (Å²) in [7, 11) is 1.65. The molecule has 3 N–H and O–H groups in total. The van der Waals surface area contributed by atoms with Gasteiger partial charge in [0.1, 0.15) is 18.1 Å². The normalized spacial score (nSPS) is 16.6. The van der Waals surface area contributed by atoms with Gasteiger partial charge in [0, 0.05) is 37.8 Å². The van der Waals surface area contributed by atoms with E-state index in [1.807, 2.05) is 31.2 Å². The van der Waals surface area contributed by atoms with Crippen LogP contribution in [0.3, 0.4) is 0 Å². The lowest BCUT2D eigenvalue weighted by Gasteiger charge is -2.12. The van der Waals surface area contributed by atoms with E-state index < -0.39 is 0 Å². The Morgan fingerprint density at radius 2 is 2.17 bits per heavy atom. The molecule has 0 bridgehead atoms. The Bertz CT molecular complexity index is 771. The van der Waals surface area contributed by atoms with Crippen molar-refractivity contribution in [2.24, 2.45) is 10.9 Å². The molecule has 0 aliphatic carbocycles. The number of hydrogen-bond acceptors (Lipinski definition) is 6. The van der Waals surface area contributed by atoms with Crippen molar-refractivity contribution >= 4 is 5.96 Å². The Labute approximate surface area is 177 Å². The highest BCUT2D eigenvalue weighted by atomic mass is 16.5. The first-order valence-electron chi connectivity index (χ1n) is 10.5. The van der Waals surface area contributed by atoms with Crippen molar-refractivity contribution in [1.29, 1.82) is 0 Å². The summed E-state index contributed by atoms with van der Waals surface area (Å²) in [6.45, 7) is 7.25. The van der Waals surface area contributed by atoms with Crippen LogP contribution in [-0.2, 0) is 16.0 Å². The molecule has 2 heterocycles. The summed E-state index contributed by atoms with van der Waals surface area (Å²) in [6, 6.07) is 7.65. The van der Waals surface area contributed by atoms with Gasteiger partial charge in [0.25, 0.3) is 0 Å². The van der Waals surface area contributed by atoms with Gasteiger partial charge in [0.2, 0.25) is 0 Å². The quantitative estimate of drug-likeness (QED) is 0.292. The van der Waals surface area contributed by atoms with E-state index in [4.69, 9.17) is 14.2 Å². The number of aliphatic imine (C=N–C) groups is 1. The molecule has 1 unspecified atom stereocenters. The van der Waals surface area contributed by atoms with Crippen LogP contribution in [0.5, 0.6) is 5.75 Å². The number of aromatic nitrogens is 3. The molecule has 1 atom stereocenters. The molecule has 30 heavy (non-hydrogen) atoms. The molecule has 3 rings (SSSR count). The number of nitrogens with one attached hydrogen (secondary N) is 3. The van der Waals surface area contributed by atoms with E-state index in [9.17, 15) is 0 Å². The van der Waals surface area contributed by atoms with Crippen LogP contribution in [0.2, 0.25) is 0 Å². The predicted octanol–water partition coefficient (Wildman–Crippen LogP) is 1.98. The maximum Gasteiger partial charge on any atom is 0.191 e. The molecule has 0 spiro atoms. The number of ether oxygens (including phenoxy) is 3. The fourth-order valence-corrected chi connectivity index (χ4v) is 3.08. The van der Waals surface area contributed by atoms with Crippen molar-refractivity contribution in [1.82, 2.24) is 25.8 Å². The second-order valence-electron chi connectivity index (χ2n) is 7.11. The molecule has 0 saturated carbocycles. The van der Waals surface area contributed by atoms with Gasteiger partial charge in [-0.25, -0.2) is 9.98 Å². The average Bonchev–Trinajstić information content (AvgIpc) is 3.46. The van der Waals surface area contributed by atoms with Gasteiger partial charge in [0.15, 0.2) is 11.8 Å². The lowest BCUT2D eigenvalue weighted by molar-refractivity contribution is 0.0888. The summed E-state index contributed by atoms with van der Waals surface area (Å²) in [5.74, 6) is 3.47. The van der Waals surface area contributed by atoms with Gasteiger partial charge in [-0.1, -0.05) is 0 Å². The molecule has 2 aromatic rings. The average molecular weight is 417 g/mol. The highest BCUT2D eigenvalue weighted by molar-refractivity contribution is 5.79. The van der Waals surface area contributed by atoms with Gasteiger partial charge in [-0.15, -0.1) is 0 Å². The van der Waals surface area contributed by atoms with Crippen molar-refractivity contribution in [2.75, 3.05) is 46.6 Å². The highest BCUT2D eigenvalue weighted by Crippen LogP contribution is 2.19. The van der Waals surface area contributed by atoms with Gasteiger partial charge < -0.3 is 24.8 Å². The van der Waals surface area contributed by atoms with Crippen LogP contribution in [0.1, 0.15) is 25.6 Å². The summed E-state index contributed by atoms with van der Waals surface area (Å²) < 4.78 is 16.3. The third kappa shape index (κ3) is 7.00. The first-order chi connectivity index (χ1) is 14.8. The fraction of sp³-hybridized carbons (Fsp3) is 0.571. The number of rotatable bonds is 11. The van der Waals surface area contributed by atoms with Crippen LogP contribution in [0, 0.1) is 5.92 Å². The maximum absolute atomic E-state index is 5.74. The fourth-order valence-electron chi connectivity index (χ4n) is 3.08. The lowest BCUT2D eigenvalue weighted by Crippen LogP contribution is -2.38. The van der Waals surface area contributed by atoms with Crippen molar-refractivity contribution in [3.8, 4) is 17.1 Å². The minimum atomic E-state index is 0.413. The van der Waals surface area contributed by atoms with Gasteiger partial charge in [-0.3, -0.25) is 5.10 Å². The van der Waals surface area contributed by atoms with Crippen LogP contribution in [0.15, 0.2) is 29.3 Å². The van der Waals surface area contributed by atoms with Gasteiger partial charge in [-0.2, -0.15) is 5.10 Å². The second kappa shape index (κ2) is 12.1. The summed E-state index contributed by atoms with van der Waals surface area (Å²) in [5, 5.41) is 13.8. The van der Waals surface area contributed by atoms with Gasteiger partial charge in [0.05, 0.1) is 20.3 Å². The molecule has 9 heteroatoms. The van der Waals surface area contributed by atoms with E-state index in [1.165, 1.54) is 0 Å². The number of H-pyrrole nitrogens is 1. The van der Waals surface area contributed by atoms with E-state index in [0.717, 1.165) is 69.6 Å². The van der Waals surface area contributed by atoms with Gasteiger partial charge in [-0.05, 0) is 44.0 Å². The van der Waals surface area contributed by atoms with E-state index >= 15 is 0 Å². The lowest BCUT2D eigenvalue weighted by atomic mass is 10.1. The molecular weight excluding hydrogens is 384 g/mol. The van der Waals surface area contributed by atoms with Crippen molar-refractivity contribution in [3.05, 3.63) is 30.1 Å². The standard InChI is InChI=1S/C21H32N6O3/c1-3-22-21(23-10-4-11-29-14-16-9-12-30-15-16)24-13-19-25-20(27-26-19)17-5-7-18(28-2)8-6-17/h5-8,16H,3-4,9-15H2,1-2H3,(H2,22,23,24)(H,25,26,27). The smallest absolute Gasteiger partial charge is 0.191 e. The third-order valence-electron chi connectivity index (χ3n) is 4.75. The largest absolute Gasteiger partial charge is 0.497 e. The Hall–Kier alpha value is -2.65. The van der Waals surface area contributed by atoms with E-state index in [0.29, 0.717) is 24.1 Å². The van der Waals surface area contributed by atoms with Gasteiger partial charge >= 0.3 is 0 Å². The zero-order chi connectivity index (χ0) is 21.0. The highest BCUT2D eigenvalue weighted by Gasteiger charge is 2.15. The van der Waals surface area contributed by atoms with Crippen molar-refractivity contribution in [3.63, 3.8) is 0 Å². The molecule has 1 aliphatic rings. The molecular formula is C21H32N6O3. The van der Waals surface area contributed by atoms with E-state index in [-0.39, 0.29) is 0 Å². The minimum absolute atomic E-state index is 0.413. The molecule has 1 aliphatic heterocycles. The second-order valence-corrected chi connectivity index (χ2v) is 7.11. The monoisotopic (exact) mass is 416 g/mol. The number of hydrogen-bond donors (Lipinski definition) is 3. The van der Waals surface area contributed by atoms with Crippen LogP contribution >= 0.6 is 0 Å². The molecule has 1 aromatic carbocycles. The van der Waals surface area contributed by atoms with Crippen LogP contribution in [0.25, 0.3) is 11.4 Å². The number of guanidine groups is 1. The van der Waals surface area contributed by atoms with Crippen molar-refractivity contribution < 1.29 is 14.2 Å². The molecule has 1 saturated heterocycles. The first-order valence-corrected chi connectivity index (χ1v) is 10.5. The van der Waals surface area contributed by atoms with Crippen LogP contribution in [-0.4, -0.2) is 67.8 Å². The van der Waals surface area contributed by atoms with Crippen molar-refractivity contribution in [2.45, 2.75) is 26.3 Å². The SMILES string of the molecule is CCNC(=NCc1nc(-c2ccc(OC)cc2)n[nH]1)NCCCOCC1CCOC1. The Morgan fingerprint density at radius 1 is 1.30 bits per heavy atom. The Kier molecular flexibility index (Phi) is 8.92. The minimum Gasteiger partial charge on any atom is -0.497 e. The molecule has 1 aromatic heterocycles. The summed E-state index contributed by atoms with van der Waals surface area (Å²) >= 11 is 0. The van der Waals surface area contributed by atoms with Crippen LogP contribution in [0.4, 0.5) is 0 Å². The predicted molar refractivity (Wildman–Crippen MR) is 116 cm³/mol. The third-order valence-corrected chi connectivity index (χ3v) is 4.75. The zero-order valence-electron chi connectivity index (χ0n) is 17.8. The topological polar surface area (TPSA) is 106 Å². The van der Waals surface area contributed by atoms with E-state index in [1.54, 1.807) is 7.11 Å². The first kappa shape index (κ1) is 22.0. The number of nitrogens with zero attached hydrogens (tertiary/aromatic N) is 3. The maximum atomic E-state index is 5.74. The summed E-state index contributed by atoms with van der Waals surface area (Å²) in [5.41, 5.74) is 0.927. The molecule has 0 amide bonds. The van der Waals surface area contributed by atoms with E-state index in [2.05, 4.69) is 30.8 Å².